The molecule has 1 aliphatic carbocycles. The van der Waals surface area contributed by atoms with Crippen molar-refractivity contribution < 1.29 is 8.42 Å². The van der Waals surface area contributed by atoms with Gasteiger partial charge in [0.15, 0.2) is 15.8 Å². The summed E-state index contributed by atoms with van der Waals surface area (Å²) in [4.78, 5) is 9.73. The summed E-state index contributed by atoms with van der Waals surface area (Å²) in [5.41, 5.74) is 0. The van der Waals surface area contributed by atoms with Crippen LogP contribution >= 0.6 is 24.0 Å². The molecule has 0 aromatic heterocycles. The largest absolute Gasteiger partial charge is 0.354 e. The first-order valence-electron chi connectivity index (χ1n) is 9.24. The third-order valence-corrected chi connectivity index (χ3v) is 7.40. The quantitative estimate of drug-likeness (QED) is 0.283. The Morgan fingerprint density at radius 3 is 2.56 bits per heavy atom. The third-order valence-electron chi connectivity index (χ3n) is 5.56. The maximum absolute atomic E-state index is 11.6. The molecule has 142 valence electrons. The molecular formula is C17H29IN4O2S. The van der Waals surface area contributed by atoms with Crippen molar-refractivity contribution in [3.8, 4) is 0 Å². The van der Waals surface area contributed by atoms with E-state index < -0.39 is 9.84 Å². The van der Waals surface area contributed by atoms with Gasteiger partial charge in [0.25, 0.3) is 0 Å². The van der Waals surface area contributed by atoms with E-state index >= 15 is 0 Å². The lowest BCUT2D eigenvalue weighted by atomic mass is 10.1. The van der Waals surface area contributed by atoms with Crippen LogP contribution in [-0.2, 0) is 9.84 Å². The number of likely N-dealkylation sites (tertiary alicyclic amines) is 1. The molecule has 1 N–H and O–H groups in total. The van der Waals surface area contributed by atoms with Gasteiger partial charge in [-0.15, -0.1) is 24.0 Å². The Hall–Kier alpha value is -0.350. The maximum atomic E-state index is 11.6. The van der Waals surface area contributed by atoms with Crippen LogP contribution in [0.3, 0.4) is 0 Å². The third kappa shape index (κ3) is 5.09. The van der Waals surface area contributed by atoms with Crippen LogP contribution in [0.4, 0.5) is 0 Å². The fourth-order valence-corrected chi connectivity index (χ4v) is 5.75. The molecule has 4 aliphatic rings. The molecule has 2 unspecified atom stereocenters. The van der Waals surface area contributed by atoms with Gasteiger partial charge < -0.3 is 10.2 Å². The molecule has 3 heterocycles. The number of guanidine groups is 1. The summed E-state index contributed by atoms with van der Waals surface area (Å²) in [5, 5.41) is 3.58. The summed E-state index contributed by atoms with van der Waals surface area (Å²) >= 11 is 0. The van der Waals surface area contributed by atoms with Gasteiger partial charge in [-0.05, 0) is 31.6 Å². The first-order valence-corrected chi connectivity index (χ1v) is 11.1. The topological polar surface area (TPSA) is 65.0 Å². The number of hydrogen-bond acceptors (Lipinski definition) is 4. The van der Waals surface area contributed by atoms with Gasteiger partial charge in [-0.3, -0.25) is 9.89 Å². The molecular weight excluding hydrogens is 451 g/mol. The lowest BCUT2D eigenvalue weighted by Gasteiger charge is -2.26. The molecule has 6 nitrogen and oxygen atoms in total. The number of nitrogens with one attached hydrogen (secondary N) is 1. The summed E-state index contributed by atoms with van der Waals surface area (Å²) in [7, 11) is -2.81. The van der Waals surface area contributed by atoms with Crippen molar-refractivity contribution in [1.29, 1.82) is 0 Å². The zero-order valence-corrected chi connectivity index (χ0v) is 17.8. The molecule has 25 heavy (non-hydrogen) atoms. The highest BCUT2D eigenvalue weighted by Crippen LogP contribution is 2.23. The number of hydrogen-bond donors (Lipinski definition) is 1. The van der Waals surface area contributed by atoms with E-state index in [1.807, 2.05) is 0 Å². The SMILES string of the molecule is I.O=S1(=O)CCC(CN=C(NC2CC2)N2CCC(N3CC=CC3)C2)C1. The normalized spacial score (nSPS) is 32.2. The maximum Gasteiger partial charge on any atom is 0.194 e. The second kappa shape index (κ2) is 8.12. The van der Waals surface area contributed by atoms with Crippen LogP contribution in [0.15, 0.2) is 17.1 Å². The fourth-order valence-electron chi connectivity index (χ4n) is 3.90. The molecule has 8 heteroatoms. The summed E-state index contributed by atoms with van der Waals surface area (Å²) in [6.45, 7) is 4.86. The second-order valence-electron chi connectivity index (χ2n) is 7.67. The molecule has 0 aromatic carbocycles. The highest BCUT2D eigenvalue weighted by Gasteiger charge is 2.33. The first-order chi connectivity index (χ1) is 11.6. The highest BCUT2D eigenvalue weighted by molar-refractivity contribution is 14.0. The Morgan fingerprint density at radius 1 is 1.16 bits per heavy atom. The minimum Gasteiger partial charge on any atom is -0.354 e. The van der Waals surface area contributed by atoms with Crippen LogP contribution in [0.1, 0.15) is 25.7 Å². The molecule has 0 bridgehead atoms. The molecule has 0 amide bonds. The monoisotopic (exact) mass is 480 g/mol. The average Bonchev–Trinajstić information content (AvgIpc) is 2.99. The smallest absolute Gasteiger partial charge is 0.194 e. The van der Waals surface area contributed by atoms with Gasteiger partial charge in [0.1, 0.15) is 0 Å². The zero-order chi connectivity index (χ0) is 16.6. The summed E-state index contributed by atoms with van der Waals surface area (Å²) in [6.07, 6.45) is 8.91. The van der Waals surface area contributed by atoms with E-state index in [4.69, 9.17) is 4.99 Å². The Labute approximate surface area is 168 Å². The zero-order valence-electron chi connectivity index (χ0n) is 14.6. The molecule has 3 fully saturated rings. The first kappa shape index (κ1) is 19.4. The number of aliphatic imine (C=N–C) groups is 1. The average molecular weight is 480 g/mol. The number of sulfone groups is 1. The van der Waals surface area contributed by atoms with E-state index in [1.165, 1.54) is 19.3 Å². The van der Waals surface area contributed by atoms with E-state index in [9.17, 15) is 8.42 Å². The lowest BCUT2D eigenvalue weighted by Crippen LogP contribution is -2.43. The second-order valence-corrected chi connectivity index (χ2v) is 9.89. The molecule has 0 spiro atoms. The molecule has 0 aromatic rings. The molecule has 2 saturated heterocycles. The van der Waals surface area contributed by atoms with E-state index in [0.717, 1.165) is 38.6 Å². The minimum absolute atomic E-state index is 0. The number of rotatable bonds is 4. The van der Waals surface area contributed by atoms with Crippen molar-refractivity contribution in [2.75, 3.05) is 44.2 Å². The van der Waals surface area contributed by atoms with E-state index in [1.54, 1.807) is 0 Å². The van der Waals surface area contributed by atoms with Crippen molar-refractivity contribution in [1.82, 2.24) is 15.1 Å². The lowest BCUT2D eigenvalue weighted by molar-refractivity contribution is 0.259. The van der Waals surface area contributed by atoms with Crippen LogP contribution in [0.5, 0.6) is 0 Å². The van der Waals surface area contributed by atoms with Gasteiger partial charge in [0, 0.05) is 44.8 Å². The summed E-state index contributed by atoms with van der Waals surface area (Å²) in [6, 6.07) is 1.18. The van der Waals surface area contributed by atoms with Gasteiger partial charge >= 0.3 is 0 Å². The minimum atomic E-state index is -2.81. The Balaban J connectivity index is 0.00000182. The summed E-state index contributed by atoms with van der Waals surface area (Å²) < 4.78 is 23.3. The van der Waals surface area contributed by atoms with Crippen molar-refractivity contribution in [2.45, 2.75) is 37.8 Å². The molecule has 1 saturated carbocycles. The Kier molecular flexibility index (Phi) is 6.31. The van der Waals surface area contributed by atoms with Gasteiger partial charge in [-0.1, -0.05) is 12.2 Å². The van der Waals surface area contributed by atoms with Gasteiger partial charge in [0.2, 0.25) is 0 Å². The van der Waals surface area contributed by atoms with E-state index in [2.05, 4.69) is 27.3 Å². The van der Waals surface area contributed by atoms with Crippen LogP contribution in [0.2, 0.25) is 0 Å². The van der Waals surface area contributed by atoms with Crippen molar-refractivity contribution in [2.24, 2.45) is 10.9 Å². The molecule has 0 radical (unpaired) electrons. The predicted molar refractivity (Wildman–Crippen MR) is 111 cm³/mol. The Morgan fingerprint density at radius 2 is 1.92 bits per heavy atom. The van der Waals surface area contributed by atoms with Crippen LogP contribution < -0.4 is 5.32 Å². The van der Waals surface area contributed by atoms with Gasteiger partial charge in [-0.25, -0.2) is 8.42 Å². The summed E-state index contributed by atoms with van der Waals surface area (Å²) in [5.74, 6) is 1.87. The molecule has 3 aliphatic heterocycles. The van der Waals surface area contributed by atoms with E-state index in [-0.39, 0.29) is 29.9 Å². The van der Waals surface area contributed by atoms with Crippen LogP contribution in [0.25, 0.3) is 0 Å². The van der Waals surface area contributed by atoms with Crippen molar-refractivity contribution in [3.63, 3.8) is 0 Å². The molecule has 2 atom stereocenters. The van der Waals surface area contributed by atoms with Crippen molar-refractivity contribution in [3.05, 3.63) is 12.2 Å². The standard InChI is InChI=1S/C17H28N4O2S.HI/c22-24(23)10-6-14(13-24)11-18-17(19-15-3-4-15)21-9-5-16(12-21)20-7-1-2-8-20;/h1-2,14-16H,3-13H2,(H,18,19);1H. The molecule has 4 rings (SSSR count). The van der Waals surface area contributed by atoms with Crippen LogP contribution in [0, 0.1) is 5.92 Å². The van der Waals surface area contributed by atoms with Gasteiger partial charge in [-0.2, -0.15) is 0 Å². The predicted octanol–water partition coefficient (Wildman–Crippen LogP) is 1.09. The highest BCUT2D eigenvalue weighted by atomic mass is 127. The van der Waals surface area contributed by atoms with Gasteiger partial charge in [0.05, 0.1) is 11.5 Å². The number of halogens is 1. The number of nitrogens with zero attached hydrogens (tertiary/aromatic N) is 3. The van der Waals surface area contributed by atoms with Crippen LogP contribution in [-0.4, -0.2) is 80.5 Å². The van der Waals surface area contributed by atoms with E-state index in [0.29, 0.717) is 30.1 Å². The Bertz CT molecular complexity index is 625. The van der Waals surface area contributed by atoms with Crippen molar-refractivity contribution >= 4 is 39.8 Å². The fraction of sp³-hybridized carbons (Fsp3) is 0.824.